The summed E-state index contributed by atoms with van der Waals surface area (Å²) in [6.07, 6.45) is 0. The first-order valence-corrected chi connectivity index (χ1v) is 5.67. The first-order chi connectivity index (χ1) is 8.73. The summed E-state index contributed by atoms with van der Waals surface area (Å²) >= 11 is 0. The Kier molecular flexibility index (Phi) is 4.47. The monoisotopic (exact) mass is 270 g/mol. The number of ether oxygens (including phenoxy) is 3. The van der Waals surface area contributed by atoms with Crippen molar-refractivity contribution in [3.05, 3.63) is 12.1 Å². The van der Waals surface area contributed by atoms with Crippen LogP contribution < -0.4 is 9.47 Å². The van der Waals surface area contributed by atoms with Gasteiger partial charge in [0.1, 0.15) is 11.4 Å². The molecular weight excluding hydrogens is 252 g/mol. The number of esters is 1. The molecule has 0 unspecified atom stereocenters. The van der Waals surface area contributed by atoms with Crippen molar-refractivity contribution in [1.29, 1.82) is 0 Å². The fraction of sp³-hybridized carbons (Fsp3) is 0.462. The number of carbonyl (C=O) groups excluding carboxylic acids is 1. The molecule has 19 heavy (non-hydrogen) atoms. The van der Waals surface area contributed by atoms with Crippen LogP contribution in [0.3, 0.4) is 0 Å². The second-order valence-corrected chi connectivity index (χ2v) is 4.87. The summed E-state index contributed by atoms with van der Waals surface area (Å²) in [6.45, 7) is 4.83. The van der Waals surface area contributed by atoms with E-state index >= 15 is 0 Å². The van der Waals surface area contributed by atoms with Gasteiger partial charge in [-0.05, 0) is 20.8 Å². The van der Waals surface area contributed by atoms with Crippen LogP contribution in [0.4, 0.5) is 0 Å². The highest BCUT2D eigenvalue weighted by molar-refractivity contribution is 5.72. The molecule has 2 N–H and O–H groups in total. The third-order valence-corrected chi connectivity index (χ3v) is 2.01. The maximum atomic E-state index is 11.5. The number of hydrogen-bond donors (Lipinski definition) is 2. The molecule has 0 heterocycles. The van der Waals surface area contributed by atoms with Gasteiger partial charge in [-0.2, -0.15) is 0 Å². The standard InChI is InChI=1S/C13H18O6/c1-13(2,3)19-11(15)7-18-10-6-8(14)5-9(17-4)12(10)16/h5-6,14,16H,7H2,1-4H3. The zero-order valence-electron chi connectivity index (χ0n) is 11.4. The summed E-state index contributed by atoms with van der Waals surface area (Å²) in [5.41, 5.74) is -0.612. The van der Waals surface area contributed by atoms with Crippen molar-refractivity contribution in [3.63, 3.8) is 0 Å². The average Bonchev–Trinajstić information content (AvgIpc) is 2.27. The van der Waals surface area contributed by atoms with Crippen LogP contribution in [0, 0.1) is 0 Å². The van der Waals surface area contributed by atoms with Gasteiger partial charge in [0.25, 0.3) is 0 Å². The third-order valence-electron chi connectivity index (χ3n) is 2.01. The number of hydrogen-bond acceptors (Lipinski definition) is 6. The highest BCUT2D eigenvalue weighted by Gasteiger charge is 2.18. The van der Waals surface area contributed by atoms with Crippen molar-refractivity contribution in [2.24, 2.45) is 0 Å². The first-order valence-electron chi connectivity index (χ1n) is 5.67. The zero-order valence-corrected chi connectivity index (χ0v) is 11.4. The van der Waals surface area contributed by atoms with E-state index in [1.54, 1.807) is 20.8 Å². The second kappa shape index (κ2) is 5.69. The van der Waals surface area contributed by atoms with E-state index in [0.717, 1.165) is 0 Å². The van der Waals surface area contributed by atoms with Crippen LogP contribution in [0.25, 0.3) is 0 Å². The minimum atomic E-state index is -0.612. The molecule has 0 bridgehead atoms. The first kappa shape index (κ1) is 14.9. The van der Waals surface area contributed by atoms with E-state index < -0.39 is 11.6 Å². The number of aromatic hydroxyl groups is 2. The summed E-state index contributed by atoms with van der Waals surface area (Å²) in [5, 5.41) is 19.2. The average molecular weight is 270 g/mol. The predicted octanol–water partition coefficient (Wildman–Crippen LogP) is 1.83. The Hall–Kier alpha value is -2.11. The zero-order chi connectivity index (χ0) is 14.6. The van der Waals surface area contributed by atoms with E-state index in [1.807, 2.05) is 0 Å². The fourth-order valence-electron chi connectivity index (χ4n) is 1.34. The van der Waals surface area contributed by atoms with Gasteiger partial charge in [0.15, 0.2) is 18.1 Å². The van der Waals surface area contributed by atoms with Crippen LogP contribution in [-0.4, -0.2) is 35.5 Å². The predicted molar refractivity (Wildman–Crippen MR) is 67.7 cm³/mol. The number of phenolic OH excluding ortho intramolecular Hbond substituents is 2. The fourth-order valence-corrected chi connectivity index (χ4v) is 1.34. The van der Waals surface area contributed by atoms with Gasteiger partial charge in [0, 0.05) is 12.1 Å². The van der Waals surface area contributed by atoms with E-state index in [1.165, 1.54) is 19.2 Å². The van der Waals surface area contributed by atoms with E-state index in [-0.39, 0.29) is 29.6 Å². The topological polar surface area (TPSA) is 85.2 Å². The Balaban J connectivity index is 2.73. The molecule has 0 fully saturated rings. The maximum Gasteiger partial charge on any atom is 0.344 e. The molecule has 106 valence electrons. The lowest BCUT2D eigenvalue weighted by Crippen LogP contribution is -2.27. The van der Waals surface area contributed by atoms with Crippen LogP contribution in [0.2, 0.25) is 0 Å². The molecule has 0 aliphatic heterocycles. The van der Waals surface area contributed by atoms with E-state index in [0.29, 0.717) is 0 Å². The van der Waals surface area contributed by atoms with E-state index in [2.05, 4.69) is 0 Å². The molecular formula is C13H18O6. The smallest absolute Gasteiger partial charge is 0.344 e. The van der Waals surface area contributed by atoms with Gasteiger partial charge in [-0.15, -0.1) is 0 Å². The maximum absolute atomic E-state index is 11.5. The van der Waals surface area contributed by atoms with Crippen LogP contribution in [0.5, 0.6) is 23.0 Å². The highest BCUT2D eigenvalue weighted by atomic mass is 16.6. The van der Waals surface area contributed by atoms with Gasteiger partial charge in [-0.3, -0.25) is 0 Å². The van der Waals surface area contributed by atoms with Gasteiger partial charge in [-0.25, -0.2) is 4.79 Å². The van der Waals surface area contributed by atoms with Crippen molar-refractivity contribution in [2.75, 3.05) is 13.7 Å². The summed E-state index contributed by atoms with van der Waals surface area (Å²) in [6, 6.07) is 2.41. The minimum absolute atomic E-state index is 0.0530. The normalized spacial score (nSPS) is 10.9. The van der Waals surface area contributed by atoms with Gasteiger partial charge in [0.2, 0.25) is 5.75 Å². The number of rotatable bonds is 4. The quantitative estimate of drug-likeness (QED) is 0.641. The lowest BCUT2D eigenvalue weighted by Gasteiger charge is -2.19. The molecule has 0 amide bonds. The summed E-state index contributed by atoms with van der Waals surface area (Å²) < 4.78 is 15.0. The molecule has 6 heteroatoms. The Labute approximate surface area is 111 Å². The number of methoxy groups -OCH3 is 1. The molecule has 1 aromatic carbocycles. The van der Waals surface area contributed by atoms with Crippen molar-refractivity contribution >= 4 is 5.97 Å². The molecule has 0 radical (unpaired) electrons. The summed E-state index contributed by atoms with van der Waals surface area (Å²) in [7, 11) is 1.34. The van der Waals surface area contributed by atoms with E-state index in [9.17, 15) is 15.0 Å². The molecule has 0 spiro atoms. The van der Waals surface area contributed by atoms with Crippen molar-refractivity contribution in [1.82, 2.24) is 0 Å². The molecule has 0 saturated heterocycles. The van der Waals surface area contributed by atoms with Crippen LogP contribution >= 0.6 is 0 Å². The lowest BCUT2D eigenvalue weighted by molar-refractivity contribution is -0.157. The summed E-state index contributed by atoms with van der Waals surface area (Å²) in [4.78, 5) is 11.5. The molecule has 1 aromatic rings. The molecule has 6 nitrogen and oxygen atoms in total. The van der Waals surface area contributed by atoms with Crippen LogP contribution in [0.15, 0.2) is 12.1 Å². The molecule has 0 aliphatic rings. The van der Waals surface area contributed by atoms with Crippen molar-refractivity contribution in [3.8, 4) is 23.0 Å². The van der Waals surface area contributed by atoms with E-state index in [4.69, 9.17) is 14.2 Å². The molecule has 0 aliphatic carbocycles. The van der Waals surface area contributed by atoms with Crippen molar-refractivity contribution in [2.45, 2.75) is 26.4 Å². The Morgan fingerprint density at radius 2 is 1.79 bits per heavy atom. The Morgan fingerprint density at radius 1 is 1.21 bits per heavy atom. The van der Waals surface area contributed by atoms with Crippen LogP contribution in [0.1, 0.15) is 20.8 Å². The van der Waals surface area contributed by atoms with Gasteiger partial charge in [0.05, 0.1) is 7.11 Å². The second-order valence-electron chi connectivity index (χ2n) is 4.87. The third kappa shape index (κ3) is 4.57. The lowest BCUT2D eigenvalue weighted by atomic mass is 10.2. The Morgan fingerprint density at radius 3 is 2.32 bits per heavy atom. The number of benzene rings is 1. The number of carbonyl (C=O) groups is 1. The highest BCUT2D eigenvalue weighted by Crippen LogP contribution is 2.39. The largest absolute Gasteiger partial charge is 0.508 e. The molecule has 0 aromatic heterocycles. The van der Waals surface area contributed by atoms with Gasteiger partial charge < -0.3 is 24.4 Å². The number of phenols is 2. The molecule has 1 rings (SSSR count). The Bertz CT molecular complexity index is 461. The van der Waals surface area contributed by atoms with Gasteiger partial charge in [-0.1, -0.05) is 0 Å². The summed E-state index contributed by atoms with van der Waals surface area (Å²) in [5.74, 6) is -1.01. The molecule has 0 atom stereocenters. The SMILES string of the molecule is COc1cc(O)cc(OCC(=O)OC(C)(C)C)c1O. The minimum Gasteiger partial charge on any atom is -0.508 e. The molecule has 0 saturated carbocycles. The van der Waals surface area contributed by atoms with Crippen molar-refractivity contribution < 1.29 is 29.2 Å². The van der Waals surface area contributed by atoms with Crippen LogP contribution in [-0.2, 0) is 9.53 Å². The van der Waals surface area contributed by atoms with Gasteiger partial charge >= 0.3 is 5.97 Å².